The number of nitrogens with two attached hydrogens (primary N) is 1. The molecule has 1 aromatic carbocycles. The smallest absolute Gasteiger partial charge is 0.276 e. The van der Waals surface area contributed by atoms with E-state index in [4.69, 9.17) is 5.73 Å². The molecule has 1 saturated carbocycles. The molecule has 1 aliphatic heterocycles. The first-order valence-corrected chi connectivity index (χ1v) is 10.6. The van der Waals surface area contributed by atoms with Crippen LogP contribution in [-0.2, 0) is 0 Å². The number of rotatable bonds is 5. The van der Waals surface area contributed by atoms with E-state index >= 15 is 0 Å². The summed E-state index contributed by atoms with van der Waals surface area (Å²) in [5, 5.41) is 7.07. The van der Waals surface area contributed by atoms with Crippen molar-refractivity contribution in [2.75, 3.05) is 36.4 Å². The molecule has 0 unspecified atom stereocenters. The van der Waals surface area contributed by atoms with Crippen molar-refractivity contribution in [1.29, 1.82) is 0 Å². The lowest BCUT2D eigenvalue weighted by atomic mass is 10.1. The second-order valence-electron chi connectivity index (χ2n) is 8.21. The Bertz CT molecular complexity index is 1160. The van der Waals surface area contributed by atoms with Gasteiger partial charge in [0.05, 0.1) is 23.1 Å². The molecule has 1 aliphatic carbocycles. The maximum Gasteiger partial charge on any atom is 0.276 e. The molecule has 31 heavy (non-hydrogen) atoms. The Kier molecular flexibility index (Phi) is 4.82. The largest absolute Gasteiger partial charge is 0.369 e. The van der Waals surface area contributed by atoms with Crippen molar-refractivity contribution in [1.82, 2.24) is 19.5 Å². The molecule has 3 aromatic rings. The molecule has 1 saturated heterocycles. The highest BCUT2D eigenvalue weighted by Gasteiger charge is 2.31. The summed E-state index contributed by atoms with van der Waals surface area (Å²) >= 11 is 0. The first kappa shape index (κ1) is 19.5. The molecule has 0 radical (unpaired) electrons. The summed E-state index contributed by atoms with van der Waals surface area (Å²) in [6, 6.07) is 9.52. The van der Waals surface area contributed by atoms with Crippen LogP contribution in [0, 0.1) is 6.92 Å². The molecule has 2 amide bonds. The molecular formula is C22H25N7O2. The number of carbonyl (C=O) groups excluding carboxylic acids is 2. The predicted molar refractivity (Wildman–Crippen MR) is 117 cm³/mol. The van der Waals surface area contributed by atoms with E-state index in [1.807, 2.05) is 13.0 Å². The standard InChI is InChI=1S/C22H25N7O2/c1-14-13-29-20(24-14)7-6-19(26-29)22(31)25-18-5-4-16(12-17(18)21(23)30)28-10-8-27(9-11-28)15-2-3-15/h4-7,12-13,15H,2-3,8-11H2,1H3,(H2,23,30)(H,25,31). The van der Waals surface area contributed by atoms with Crippen LogP contribution in [0.5, 0.6) is 0 Å². The van der Waals surface area contributed by atoms with Gasteiger partial charge in [-0.25, -0.2) is 9.50 Å². The van der Waals surface area contributed by atoms with Crippen molar-refractivity contribution in [3.63, 3.8) is 0 Å². The Morgan fingerprint density at radius 2 is 1.87 bits per heavy atom. The third-order valence-electron chi connectivity index (χ3n) is 5.93. The molecule has 3 heterocycles. The Morgan fingerprint density at radius 1 is 1.10 bits per heavy atom. The summed E-state index contributed by atoms with van der Waals surface area (Å²) < 4.78 is 1.56. The van der Waals surface area contributed by atoms with Crippen LogP contribution in [0.25, 0.3) is 5.65 Å². The summed E-state index contributed by atoms with van der Waals surface area (Å²) in [5.41, 5.74) is 8.94. The number of benzene rings is 1. The highest BCUT2D eigenvalue weighted by atomic mass is 16.2. The predicted octanol–water partition coefficient (Wildman–Crippen LogP) is 1.67. The average molecular weight is 419 g/mol. The molecule has 0 atom stereocenters. The monoisotopic (exact) mass is 419 g/mol. The third kappa shape index (κ3) is 3.96. The van der Waals surface area contributed by atoms with E-state index in [2.05, 4.69) is 25.2 Å². The molecule has 160 valence electrons. The summed E-state index contributed by atoms with van der Waals surface area (Å²) in [6.45, 7) is 5.73. The SMILES string of the molecule is Cc1cn2nc(C(=O)Nc3ccc(N4CCN(C5CC5)CC4)cc3C(N)=O)ccc2n1. The van der Waals surface area contributed by atoms with E-state index < -0.39 is 11.8 Å². The van der Waals surface area contributed by atoms with Gasteiger partial charge in [0.2, 0.25) is 0 Å². The molecule has 2 aliphatic rings. The Balaban J connectivity index is 1.34. The van der Waals surface area contributed by atoms with Crippen LogP contribution in [0.3, 0.4) is 0 Å². The van der Waals surface area contributed by atoms with Gasteiger partial charge < -0.3 is 16.0 Å². The topological polar surface area (TPSA) is 109 Å². The highest BCUT2D eigenvalue weighted by Crippen LogP contribution is 2.29. The van der Waals surface area contributed by atoms with Crippen molar-refractivity contribution in [3.8, 4) is 0 Å². The minimum absolute atomic E-state index is 0.223. The fourth-order valence-corrected chi connectivity index (χ4v) is 4.13. The molecule has 9 heteroatoms. The van der Waals surface area contributed by atoms with Crippen LogP contribution in [0.15, 0.2) is 36.5 Å². The quantitative estimate of drug-likeness (QED) is 0.651. The van der Waals surface area contributed by atoms with Crippen molar-refractivity contribution in [2.45, 2.75) is 25.8 Å². The number of anilines is 2. The maximum atomic E-state index is 12.8. The molecule has 2 aromatic heterocycles. The Morgan fingerprint density at radius 3 is 2.58 bits per heavy atom. The van der Waals surface area contributed by atoms with Crippen molar-refractivity contribution in [3.05, 3.63) is 53.5 Å². The summed E-state index contributed by atoms with van der Waals surface area (Å²) in [4.78, 5) is 34.0. The van der Waals surface area contributed by atoms with Crippen LogP contribution in [0.2, 0.25) is 0 Å². The third-order valence-corrected chi connectivity index (χ3v) is 5.93. The Labute approximate surface area is 179 Å². The van der Waals surface area contributed by atoms with Crippen molar-refractivity contribution in [2.24, 2.45) is 5.73 Å². The summed E-state index contributed by atoms with van der Waals surface area (Å²) in [5.74, 6) is -0.996. The van der Waals surface area contributed by atoms with Gasteiger partial charge >= 0.3 is 0 Å². The van der Waals surface area contributed by atoms with Crippen LogP contribution in [0.4, 0.5) is 11.4 Å². The number of fused-ring (bicyclic) bond motifs is 1. The first-order valence-electron chi connectivity index (χ1n) is 10.6. The van der Waals surface area contributed by atoms with Gasteiger partial charge in [-0.3, -0.25) is 14.5 Å². The van der Waals surface area contributed by atoms with Crippen LogP contribution in [0.1, 0.15) is 39.4 Å². The molecule has 0 spiro atoms. The molecule has 9 nitrogen and oxygen atoms in total. The fraction of sp³-hybridized carbons (Fsp3) is 0.364. The van der Waals surface area contributed by atoms with E-state index in [1.165, 1.54) is 12.8 Å². The Hall–Kier alpha value is -3.46. The van der Waals surface area contributed by atoms with E-state index in [0.717, 1.165) is 43.6 Å². The molecule has 2 fully saturated rings. The number of hydrogen-bond acceptors (Lipinski definition) is 6. The van der Waals surface area contributed by atoms with Gasteiger partial charge in [-0.15, -0.1) is 0 Å². The molecule has 0 bridgehead atoms. The van der Waals surface area contributed by atoms with Crippen LogP contribution in [-0.4, -0.2) is 63.5 Å². The van der Waals surface area contributed by atoms with Crippen LogP contribution >= 0.6 is 0 Å². The van der Waals surface area contributed by atoms with Gasteiger partial charge in [-0.1, -0.05) is 0 Å². The fourth-order valence-electron chi connectivity index (χ4n) is 4.13. The van der Waals surface area contributed by atoms with Gasteiger partial charge in [-0.2, -0.15) is 5.10 Å². The number of carbonyl (C=O) groups is 2. The molecular weight excluding hydrogens is 394 g/mol. The van der Waals surface area contributed by atoms with Gasteiger partial charge in [-0.05, 0) is 50.1 Å². The summed E-state index contributed by atoms with van der Waals surface area (Å²) in [7, 11) is 0. The first-order chi connectivity index (χ1) is 15.0. The van der Waals surface area contributed by atoms with Crippen molar-refractivity contribution >= 4 is 28.8 Å². The average Bonchev–Trinajstić information content (AvgIpc) is 3.54. The molecule has 3 N–H and O–H groups in total. The number of piperazine rings is 1. The number of nitrogens with zero attached hydrogens (tertiary/aromatic N) is 5. The second-order valence-corrected chi connectivity index (χ2v) is 8.21. The van der Waals surface area contributed by atoms with Gasteiger partial charge in [0, 0.05) is 37.9 Å². The summed E-state index contributed by atoms with van der Waals surface area (Å²) in [6.07, 6.45) is 4.36. The number of aryl methyl sites for hydroxylation is 1. The number of amides is 2. The lowest BCUT2D eigenvalue weighted by Crippen LogP contribution is -2.47. The van der Waals surface area contributed by atoms with Gasteiger partial charge in [0.15, 0.2) is 5.65 Å². The minimum atomic E-state index is -0.581. The second kappa shape index (κ2) is 7.66. The normalized spacial score (nSPS) is 17.1. The molecule has 5 rings (SSSR count). The zero-order chi connectivity index (χ0) is 21.5. The minimum Gasteiger partial charge on any atom is -0.369 e. The van der Waals surface area contributed by atoms with Crippen LogP contribution < -0.4 is 16.0 Å². The number of aromatic nitrogens is 3. The number of primary amides is 1. The number of nitrogens with one attached hydrogen (secondary N) is 1. The van der Waals surface area contributed by atoms with E-state index in [9.17, 15) is 9.59 Å². The zero-order valence-corrected chi connectivity index (χ0v) is 17.4. The van der Waals surface area contributed by atoms with Gasteiger partial charge in [0.1, 0.15) is 5.69 Å². The number of hydrogen-bond donors (Lipinski definition) is 2. The lowest BCUT2D eigenvalue weighted by molar-refractivity contribution is 0.100. The lowest BCUT2D eigenvalue weighted by Gasteiger charge is -2.36. The number of imidazole rings is 1. The van der Waals surface area contributed by atoms with E-state index in [1.54, 1.807) is 35.0 Å². The van der Waals surface area contributed by atoms with E-state index in [-0.39, 0.29) is 11.3 Å². The van der Waals surface area contributed by atoms with Crippen molar-refractivity contribution < 1.29 is 9.59 Å². The zero-order valence-electron chi connectivity index (χ0n) is 17.4. The van der Waals surface area contributed by atoms with E-state index in [0.29, 0.717) is 11.3 Å². The maximum absolute atomic E-state index is 12.8. The highest BCUT2D eigenvalue weighted by molar-refractivity contribution is 6.08. The van der Waals surface area contributed by atoms with Gasteiger partial charge in [0.25, 0.3) is 11.8 Å².